The van der Waals surface area contributed by atoms with Gasteiger partial charge in [0.25, 0.3) is 17.7 Å². The van der Waals surface area contributed by atoms with Crippen molar-refractivity contribution in [1.82, 2.24) is 20.2 Å². The van der Waals surface area contributed by atoms with E-state index in [0.717, 1.165) is 10.5 Å². The van der Waals surface area contributed by atoms with Crippen LogP contribution in [0.1, 0.15) is 36.6 Å². The maximum Gasteiger partial charge on any atom is 0.266 e. The number of tetrazole rings is 1. The molecule has 0 spiro atoms. The second-order valence-corrected chi connectivity index (χ2v) is 7.25. The molecule has 1 N–H and O–H groups in total. The van der Waals surface area contributed by atoms with E-state index in [1.165, 1.54) is 17.1 Å². The van der Waals surface area contributed by atoms with Crippen molar-refractivity contribution < 1.29 is 14.4 Å². The lowest BCUT2D eigenvalue weighted by molar-refractivity contribution is 0.0924. The summed E-state index contributed by atoms with van der Waals surface area (Å²) in [5.41, 5.74) is 3.48. The Morgan fingerprint density at radius 3 is 2.31 bits per heavy atom. The number of nitrogens with one attached hydrogen (secondary N) is 1. The average molecular weight is 424 g/mol. The van der Waals surface area contributed by atoms with Crippen LogP contribution >= 0.6 is 0 Å². The maximum absolute atomic E-state index is 13.0. The van der Waals surface area contributed by atoms with E-state index in [0.29, 0.717) is 33.8 Å². The summed E-state index contributed by atoms with van der Waals surface area (Å²) >= 11 is 0. The monoisotopic (exact) mass is 424 g/mol. The summed E-state index contributed by atoms with van der Waals surface area (Å²) in [5, 5.41) is 14.0. The smallest absolute Gasteiger partial charge is 0.266 e. The Labute approximate surface area is 182 Å². The molecule has 1 aliphatic heterocycles. The van der Waals surface area contributed by atoms with Gasteiger partial charge in [-0.15, -0.1) is 5.10 Å². The molecule has 1 aromatic heterocycles. The van der Waals surface area contributed by atoms with E-state index in [1.807, 2.05) is 19.1 Å². The predicted octanol–water partition coefficient (Wildman–Crippen LogP) is 3.02. The minimum absolute atomic E-state index is 0.311. The van der Waals surface area contributed by atoms with Crippen LogP contribution in [0.3, 0.4) is 0 Å². The lowest BCUT2D eigenvalue weighted by Gasteiger charge is -2.15. The van der Waals surface area contributed by atoms with E-state index >= 15 is 0 Å². The first-order valence-corrected chi connectivity index (χ1v) is 9.76. The van der Waals surface area contributed by atoms with Gasteiger partial charge in [0.15, 0.2) is 0 Å². The van der Waals surface area contributed by atoms with Crippen LogP contribution in [-0.4, -0.2) is 37.9 Å². The number of carbonyl (C=O) groups excluding carboxylic acids is 3. The largest absolute Gasteiger partial charge is 0.322 e. The van der Waals surface area contributed by atoms with Crippen molar-refractivity contribution in [3.05, 3.63) is 95.3 Å². The van der Waals surface area contributed by atoms with Gasteiger partial charge in [0.2, 0.25) is 0 Å². The van der Waals surface area contributed by atoms with Gasteiger partial charge in [-0.1, -0.05) is 24.3 Å². The standard InChI is InChI=1S/C23H16N6O3/c1-14-9-10-16(28-13-24-26-27-28)12-20(14)25-21(30)15-5-4-6-17(11-15)29-22(31)18-7-2-3-8-19(18)23(29)32/h2-13H,1H3,(H,25,30). The fraction of sp³-hybridized carbons (Fsp3) is 0.0435. The number of carbonyl (C=O) groups is 3. The molecule has 4 aromatic rings. The molecule has 2 heterocycles. The molecular formula is C23H16N6O3. The van der Waals surface area contributed by atoms with Gasteiger partial charge < -0.3 is 5.32 Å². The predicted molar refractivity (Wildman–Crippen MR) is 116 cm³/mol. The Bertz CT molecular complexity index is 1350. The SMILES string of the molecule is Cc1ccc(-n2cnnn2)cc1NC(=O)c1cccc(N2C(=O)c3ccccc3C2=O)c1. The number of hydrogen-bond donors (Lipinski definition) is 1. The molecule has 0 radical (unpaired) electrons. The van der Waals surface area contributed by atoms with Crippen LogP contribution in [0, 0.1) is 6.92 Å². The molecule has 3 aromatic carbocycles. The van der Waals surface area contributed by atoms with Gasteiger partial charge in [0.05, 0.1) is 22.5 Å². The van der Waals surface area contributed by atoms with Gasteiger partial charge in [-0.2, -0.15) is 0 Å². The highest BCUT2D eigenvalue weighted by molar-refractivity contribution is 6.34. The fourth-order valence-electron chi connectivity index (χ4n) is 3.57. The van der Waals surface area contributed by atoms with E-state index in [-0.39, 0.29) is 5.91 Å². The molecule has 0 aliphatic carbocycles. The van der Waals surface area contributed by atoms with Crippen molar-refractivity contribution in [3.8, 4) is 5.69 Å². The average Bonchev–Trinajstić information content (AvgIpc) is 3.43. The molecular weight excluding hydrogens is 408 g/mol. The second-order valence-electron chi connectivity index (χ2n) is 7.25. The summed E-state index contributed by atoms with van der Waals surface area (Å²) in [5.74, 6) is -1.19. The molecule has 9 heteroatoms. The van der Waals surface area contributed by atoms with Crippen LogP contribution in [0.2, 0.25) is 0 Å². The lowest BCUT2D eigenvalue weighted by atomic mass is 10.1. The van der Waals surface area contributed by atoms with E-state index < -0.39 is 11.8 Å². The molecule has 32 heavy (non-hydrogen) atoms. The summed E-state index contributed by atoms with van der Waals surface area (Å²) in [7, 11) is 0. The first-order valence-electron chi connectivity index (χ1n) is 9.76. The van der Waals surface area contributed by atoms with E-state index in [1.54, 1.807) is 48.5 Å². The number of rotatable bonds is 4. The van der Waals surface area contributed by atoms with Crippen LogP contribution < -0.4 is 10.2 Å². The first-order chi connectivity index (χ1) is 15.5. The zero-order valence-corrected chi connectivity index (χ0v) is 16.9. The van der Waals surface area contributed by atoms with Crippen LogP contribution in [0.5, 0.6) is 0 Å². The van der Waals surface area contributed by atoms with Crippen molar-refractivity contribution in [2.75, 3.05) is 10.2 Å². The van der Waals surface area contributed by atoms with E-state index in [9.17, 15) is 14.4 Å². The molecule has 0 unspecified atom stereocenters. The van der Waals surface area contributed by atoms with Crippen LogP contribution in [-0.2, 0) is 0 Å². The summed E-state index contributed by atoms with van der Waals surface area (Å²) in [6.07, 6.45) is 1.46. The minimum Gasteiger partial charge on any atom is -0.322 e. The van der Waals surface area contributed by atoms with Crippen molar-refractivity contribution in [1.29, 1.82) is 0 Å². The molecule has 9 nitrogen and oxygen atoms in total. The van der Waals surface area contributed by atoms with Crippen molar-refractivity contribution in [2.24, 2.45) is 0 Å². The van der Waals surface area contributed by atoms with Crippen LogP contribution in [0.4, 0.5) is 11.4 Å². The molecule has 5 rings (SSSR count). The molecule has 0 atom stereocenters. The molecule has 1 aliphatic rings. The Hall–Kier alpha value is -4.66. The first kappa shape index (κ1) is 19.3. The highest BCUT2D eigenvalue weighted by atomic mass is 16.2. The number of nitrogens with zero attached hydrogens (tertiary/aromatic N) is 5. The van der Waals surface area contributed by atoms with Gasteiger partial charge in [0, 0.05) is 11.3 Å². The fourth-order valence-corrected chi connectivity index (χ4v) is 3.57. The number of amides is 3. The molecule has 0 saturated carbocycles. The molecule has 0 fully saturated rings. The van der Waals surface area contributed by atoms with Crippen LogP contribution in [0.15, 0.2) is 73.1 Å². The third-order valence-corrected chi connectivity index (χ3v) is 5.24. The molecule has 156 valence electrons. The van der Waals surface area contributed by atoms with Gasteiger partial charge in [-0.25, -0.2) is 9.58 Å². The molecule has 0 saturated heterocycles. The van der Waals surface area contributed by atoms with Crippen molar-refractivity contribution in [2.45, 2.75) is 6.92 Å². The second kappa shape index (κ2) is 7.55. The highest BCUT2D eigenvalue weighted by Crippen LogP contribution is 2.29. The van der Waals surface area contributed by atoms with Crippen LogP contribution in [0.25, 0.3) is 5.69 Å². The van der Waals surface area contributed by atoms with E-state index in [4.69, 9.17) is 0 Å². The zero-order chi connectivity index (χ0) is 22.2. The number of fused-ring (bicyclic) bond motifs is 1. The Morgan fingerprint density at radius 2 is 1.62 bits per heavy atom. The summed E-state index contributed by atoms with van der Waals surface area (Å²) in [4.78, 5) is 39.6. The van der Waals surface area contributed by atoms with Gasteiger partial charge in [0.1, 0.15) is 6.33 Å². The Morgan fingerprint density at radius 1 is 0.875 bits per heavy atom. The number of hydrogen-bond acceptors (Lipinski definition) is 6. The Balaban J connectivity index is 1.42. The topological polar surface area (TPSA) is 110 Å². The number of benzene rings is 3. The summed E-state index contributed by atoms with van der Waals surface area (Å²) in [6.45, 7) is 1.87. The minimum atomic E-state index is -0.409. The third kappa shape index (κ3) is 3.21. The number of anilines is 2. The van der Waals surface area contributed by atoms with Crippen molar-refractivity contribution >= 4 is 29.1 Å². The zero-order valence-electron chi connectivity index (χ0n) is 16.9. The van der Waals surface area contributed by atoms with Gasteiger partial charge in [-0.05, 0) is 65.4 Å². The molecule has 0 bridgehead atoms. The summed E-state index contributed by atoms with van der Waals surface area (Å²) in [6, 6.07) is 18.5. The molecule has 3 amide bonds. The Kier molecular flexibility index (Phi) is 4.55. The number of imide groups is 1. The summed E-state index contributed by atoms with van der Waals surface area (Å²) < 4.78 is 1.48. The number of aromatic nitrogens is 4. The van der Waals surface area contributed by atoms with E-state index in [2.05, 4.69) is 20.8 Å². The quantitative estimate of drug-likeness (QED) is 0.504. The highest BCUT2D eigenvalue weighted by Gasteiger charge is 2.36. The van der Waals surface area contributed by atoms with Gasteiger partial charge in [-0.3, -0.25) is 14.4 Å². The maximum atomic E-state index is 13.0. The van der Waals surface area contributed by atoms with Crippen molar-refractivity contribution in [3.63, 3.8) is 0 Å². The normalized spacial score (nSPS) is 12.7. The van der Waals surface area contributed by atoms with Gasteiger partial charge >= 0.3 is 0 Å². The lowest BCUT2D eigenvalue weighted by Crippen LogP contribution is -2.29. The number of aryl methyl sites for hydroxylation is 1. The third-order valence-electron chi connectivity index (χ3n) is 5.24.